The number of nitrogens with zero attached hydrogens (tertiary/aromatic N) is 4. The molecule has 0 atom stereocenters. The fourth-order valence-corrected chi connectivity index (χ4v) is 2.01. The van der Waals surface area contributed by atoms with Crippen molar-refractivity contribution in [3.05, 3.63) is 15.9 Å². The lowest BCUT2D eigenvalue weighted by molar-refractivity contribution is 0.380. The van der Waals surface area contributed by atoms with E-state index in [1.165, 1.54) is 11.6 Å². The second-order valence-electron chi connectivity index (χ2n) is 3.23. The maximum Gasteiger partial charge on any atom is 0.337 e. The van der Waals surface area contributed by atoms with Gasteiger partial charge in [0.1, 0.15) is 10.3 Å². The summed E-state index contributed by atoms with van der Waals surface area (Å²) in [5.41, 5.74) is 0.783. The third kappa shape index (κ3) is 1.81. The van der Waals surface area contributed by atoms with Crippen molar-refractivity contribution in [2.45, 2.75) is 19.8 Å². The summed E-state index contributed by atoms with van der Waals surface area (Å²) in [7, 11) is 1.48. The fourth-order valence-electron chi connectivity index (χ4n) is 1.40. The highest BCUT2D eigenvalue weighted by atomic mass is 35.5. The molecule has 16 heavy (non-hydrogen) atoms. The molecule has 2 heterocycles. The highest BCUT2D eigenvalue weighted by Crippen LogP contribution is 2.25. The summed E-state index contributed by atoms with van der Waals surface area (Å²) >= 11 is 12.2. The average Bonchev–Trinajstić information content (AvgIpc) is 2.67. The van der Waals surface area contributed by atoms with Crippen LogP contribution in [0.15, 0.2) is 0 Å². The van der Waals surface area contributed by atoms with Crippen molar-refractivity contribution in [2.24, 2.45) is 0 Å². The third-order valence-electron chi connectivity index (χ3n) is 2.14. The SMILES string of the molecule is CCCc1c(Cl)nc2nc(OC)nn2c1Cl. The molecule has 0 unspecified atom stereocenters. The van der Waals surface area contributed by atoms with Gasteiger partial charge in [-0.3, -0.25) is 0 Å². The summed E-state index contributed by atoms with van der Waals surface area (Å²) in [4.78, 5) is 8.12. The molecule has 0 aliphatic heterocycles. The van der Waals surface area contributed by atoms with Crippen LogP contribution >= 0.6 is 23.2 Å². The first-order chi connectivity index (χ1) is 7.67. The van der Waals surface area contributed by atoms with Crippen LogP contribution in [0.1, 0.15) is 18.9 Å². The van der Waals surface area contributed by atoms with E-state index in [2.05, 4.69) is 15.1 Å². The molecule has 2 aromatic heterocycles. The molecule has 0 fully saturated rings. The Morgan fingerprint density at radius 2 is 2.06 bits per heavy atom. The van der Waals surface area contributed by atoms with Gasteiger partial charge in [0.15, 0.2) is 0 Å². The number of halogens is 2. The van der Waals surface area contributed by atoms with E-state index in [1.807, 2.05) is 6.92 Å². The van der Waals surface area contributed by atoms with Gasteiger partial charge >= 0.3 is 6.01 Å². The van der Waals surface area contributed by atoms with Gasteiger partial charge in [-0.2, -0.15) is 14.5 Å². The van der Waals surface area contributed by atoms with E-state index in [9.17, 15) is 0 Å². The van der Waals surface area contributed by atoms with Crippen LogP contribution in [-0.2, 0) is 6.42 Å². The van der Waals surface area contributed by atoms with Crippen LogP contribution in [0.4, 0.5) is 0 Å². The highest BCUT2D eigenvalue weighted by Gasteiger charge is 2.15. The Labute approximate surface area is 102 Å². The van der Waals surface area contributed by atoms with Crippen molar-refractivity contribution >= 4 is 29.0 Å². The second-order valence-corrected chi connectivity index (χ2v) is 3.95. The minimum Gasteiger partial charge on any atom is -0.466 e. The van der Waals surface area contributed by atoms with E-state index in [-0.39, 0.29) is 6.01 Å². The van der Waals surface area contributed by atoms with E-state index >= 15 is 0 Å². The first kappa shape index (κ1) is 11.4. The standard InChI is InChI=1S/C9H10Cl2N4O/c1-3-4-5-6(10)12-8-13-9(16-2)14-15(8)7(5)11/h3-4H2,1-2H3. The van der Waals surface area contributed by atoms with Crippen molar-refractivity contribution in [3.8, 4) is 6.01 Å². The van der Waals surface area contributed by atoms with Gasteiger partial charge in [-0.1, -0.05) is 36.5 Å². The van der Waals surface area contributed by atoms with E-state index in [4.69, 9.17) is 27.9 Å². The van der Waals surface area contributed by atoms with Gasteiger partial charge < -0.3 is 4.74 Å². The number of aromatic nitrogens is 4. The predicted octanol–water partition coefficient (Wildman–Crippen LogP) is 2.39. The molecular weight excluding hydrogens is 251 g/mol. The van der Waals surface area contributed by atoms with Crippen molar-refractivity contribution in [1.29, 1.82) is 0 Å². The van der Waals surface area contributed by atoms with Crippen LogP contribution in [0.2, 0.25) is 10.3 Å². The maximum absolute atomic E-state index is 6.18. The Morgan fingerprint density at radius 3 is 2.69 bits per heavy atom. The summed E-state index contributed by atoms with van der Waals surface area (Å²) < 4.78 is 6.34. The Bertz CT molecular complexity index is 526. The zero-order chi connectivity index (χ0) is 11.7. The van der Waals surface area contributed by atoms with Crippen molar-refractivity contribution in [1.82, 2.24) is 19.6 Å². The molecule has 0 saturated heterocycles. The number of hydrogen-bond donors (Lipinski definition) is 0. The Morgan fingerprint density at radius 1 is 1.31 bits per heavy atom. The monoisotopic (exact) mass is 260 g/mol. The Hall–Kier alpha value is -1.07. The summed E-state index contributed by atoms with van der Waals surface area (Å²) in [6, 6.07) is 0.221. The molecule has 0 aliphatic rings. The molecule has 0 radical (unpaired) electrons. The molecule has 0 spiro atoms. The zero-order valence-corrected chi connectivity index (χ0v) is 10.4. The minimum atomic E-state index is 0.221. The smallest absolute Gasteiger partial charge is 0.337 e. The molecule has 0 saturated carbocycles. The van der Waals surface area contributed by atoms with E-state index < -0.39 is 0 Å². The highest BCUT2D eigenvalue weighted by molar-refractivity contribution is 6.34. The number of hydrogen-bond acceptors (Lipinski definition) is 4. The first-order valence-electron chi connectivity index (χ1n) is 4.82. The molecular formula is C9H10Cl2N4O. The van der Waals surface area contributed by atoms with Crippen LogP contribution in [-0.4, -0.2) is 26.7 Å². The Balaban J connectivity index is 2.66. The van der Waals surface area contributed by atoms with Gasteiger partial charge in [-0.15, -0.1) is 5.10 Å². The van der Waals surface area contributed by atoms with Gasteiger partial charge in [-0.25, -0.2) is 0 Å². The normalized spacial score (nSPS) is 11.0. The number of ether oxygens (including phenoxy) is 1. The summed E-state index contributed by atoms with van der Waals surface area (Å²) in [5.74, 6) is 0.340. The van der Waals surface area contributed by atoms with Crippen LogP contribution < -0.4 is 4.74 Å². The van der Waals surface area contributed by atoms with E-state index in [1.54, 1.807) is 0 Å². The van der Waals surface area contributed by atoms with E-state index in [0.29, 0.717) is 16.1 Å². The fraction of sp³-hybridized carbons (Fsp3) is 0.444. The van der Waals surface area contributed by atoms with Crippen molar-refractivity contribution < 1.29 is 4.74 Å². The molecule has 0 amide bonds. The average molecular weight is 261 g/mol. The predicted molar refractivity (Wildman–Crippen MR) is 61.3 cm³/mol. The Kier molecular flexibility index (Phi) is 3.16. The first-order valence-corrected chi connectivity index (χ1v) is 5.57. The molecule has 7 heteroatoms. The summed E-state index contributed by atoms with van der Waals surface area (Å²) in [6.45, 7) is 2.04. The number of fused-ring (bicyclic) bond motifs is 1. The van der Waals surface area contributed by atoms with Crippen molar-refractivity contribution in [2.75, 3.05) is 7.11 Å². The van der Waals surface area contributed by atoms with Crippen LogP contribution in [0, 0.1) is 0 Å². The molecule has 2 aromatic rings. The molecule has 2 rings (SSSR count). The lowest BCUT2D eigenvalue weighted by atomic mass is 10.2. The largest absolute Gasteiger partial charge is 0.466 e. The van der Waals surface area contributed by atoms with Gasteiger partial charge in [-0.05, 0) is 6.42 Å². The van der Waals surface area contributed by atoms with Crippen LogP contribution in [0.3, 0.4) is 0 Å². The maximum atomic E-state index is 6.18. The van der Waals surface area contributed by atoms with Crippen LogP contribution in [0.25, 0.3) is 5.78 Å². The minimum absolute atomic E-state index is 0.221. The van der Waals surface area contributed by atoms with E-state index in [0.717, 1.165) is 18.4 Å². The number of methoxy groups -OCH3 is 1. The molecule has 0 N–H and O–H groups in total. The lowest BCUT2D eigenvalue weighted by Gasteiger charge is -2.05. The molecule has 0 bridgehead atoms. The number of rotatable bonds is 3. The quantitative estimate of drug-likeness (QED) is 0.796. The summed E-state index contributed by atoms with van der Waals surface area (Å²) in [5, 5.41) is 4.85. The topological polar surface area (TPSA) is 52.3 Å². The third-order valence-corrected chi connectivity index (χ3v) is 2.84. The molecule has 86 valence electrons. The van der Waals surface area contributed by atoms with Crippen molar-refractivity contribution in [3.63, 3.8) is 0 Å². The second kappa shape index (κ2) is 4.43. The molecule has 0 aromatic carbocycles. The van der Waals surface area contributed by atoms with Gasteiger partial charge in [0.05, 0.1) is 7.11 Å². The zero-order valence-electron chi connectivity index (χ0n) is 8.87. The van der Waals surface area contributed by atoms with Gasteiger partial charge in [0.25, 0.3) is 5.78 Å². The van der Waals surface area contributed by atoms with Crippen LogP contribution in [0.5, 0.6) is 6.01 Å². The molecule has 0 aliphatic carbocycles. The summed E-state index contributed by atoms with van der Waals surface area (Å²) in [6.07, 6.45) is 1.68. The van der Waals surface area contributed by atoms with Gasteiger partial charge in [0.2, 0.25) is 0 Å². The molecule has 5 nitrogen and oxygen atoms in total. The lowest BCUT2D eigenvalue weighted by Crippen LogP contribution is -2.00. The van der Waals surface area contributed by atoms with Gasteiger partial charge in [0, 0.05) is 5.56 Å².